The van der Waals surface area contributed by atoms with E-state index in [9.17, 15) is 0 Å². The van der Waals surface area contributed by atoms with Crippen molar-refractivity contribution in [1.29, 1.82) is 0 Å². The summed E-state index contributed by atoms with van der Waals surface area (Å²) < 4.78 is 11.9. The van der Waals surface area contributed by atoms with Crippen LogP contribution in [0.25, 0.3) is 0 Å². The van der Waals surface area contributed by atoms with Gasteiger partial charge in [-0.25, -0.2) is 0 Å². The van der Waals surface area contributed by atoms with E-state index in [2.05, 4.69) is 4.90 Å². The Morgan fingerprint density at radius 1 is 1.16 bits per heavy atom. The molecule has 1 spiro atoms. The summed E-state index contributed by atoms with van der Waals surface area (Å²) in [4.78, 5) is 2.61. The summed E-state index contributed by atoms with van der Waals surface area (Å²) in [6.07, 6.45) is 9.27. The van der Waals surface area contributed by atoms with E-state index in [1.807, 2.05) is 0 Å². The summed E-state index contributed by atoms with van der Waals surface area (Å²) in [5, 5.41) is 0. The molecule has 2 atom stereocenters. The molecule has 0 aromatic rings. The number of hydrogen-bond donors (Lipinski definition) is 1. The number of morpholine rings is 1. The summed E-state index contributed by atoms with van der Waals surface area (Å²) in [5.74, 6) is 0. The van der Waals surface area contributed by atoms with Crippen molar-refractivity contribution < 1.29 is 9.47 Å². The van der Waals surface area contributed by atoms with Crippen LogP contribution in [0.3, 0.4) is 0 Å². The number of nitrogens with zero attached hydrogens (tertiary/aromatic N) is 1. The molecule has 2 saturated heterocycles. The molecule has 110 valence electrons. The highest BCUT2D eigenvalue weighted by Crippen LogP contribution is 2.40. The molecule has 1 saturated carbocycles. The molecule has 4 nitrogen and oxygen atoms in total. The quantitative estimate of drug-likeness (QED) is 0.825. The maximum atomic E-state index is 6.20. The van der Waals surface area contributed by atoms with Gasteiger partial charge in [-0.15, -0.1) is 0 Å². The molecule has 19 heavy (non-hydrogen) atoms. The van der Waals surface area contributed by atoms with E-state index in [-0.39, 0.29) is 11.7 Å². The first-order valence-corrected chi connectivity index (χ1v) is 8.01. The maximum absolute atomic E-state index is 6.20. The zero-order chi connectivity index (χ0) is 13.1. The monoisotopic (exact) mass is 268 g/mol. The number of hydrogen-bond acceptors (Lipinski definition) is 4. The Bertz CT molecular complexity index is 286. The van der Waals surface area contributed by atoms with E-state index >= 15 is 0 Å². The van der Waals surface area contributed by atoms with Crippen LogP contribution >= 0.6 is 0 Å². The largest absolute Gasteiger partial charge is 0.375 e. The minimum Gasteiger partial charge on any atom is -0.375 e. The van der Waals surface area contributed by atoms with E-state index in [1.54, 1.807) is 0 Å². The van der Waals surface area contributed by atoms with Crippen molar-refractivity contribution in [1.82, 2.24) is 4.90 Å². The second-order valence-corrected chi connectivity index (χ2v) is 6.46. The number of ether oxygens (including phenoxy) is 2. The molecule has 0 aromatic heterocycles. The third-order valence-electron chi connectivity index (χ3n) is 5.18. The first-order chi connectivity index (χ1) is 9.31. The number of rotatable bonds is 2. The van der Waals surface area contributed by atoms with Crippen LogP contribution in [0.15, 0.2) is 0 Å². The summed E-state index contributed by atoms with van der Waals surface area (Å²) in [6.45, 7) is 4.50. The predicted molar refractivity (Wildman–Crippen MR) is 75.2 cm³/mol. The molecule has 2 N–H and O–H groups in total. The van der Waals surface area contributed by atoms with Crippen molar-refractivity contribution in [3.05, 3.63) is 0 Å². The molecule has 2 aliphatic heterocycles. The Morgan fingerprint density at radius 3 is 2.79 bits per heavy atom. The molecule has 2 unspecified atom stereocenters. The molecule has 3 rings (SSSR count). The fraction of sp³-hybridized carbons (Fsp3) is 1.00. The van der Waals surface area contributed by atoms with Gasteiger partial charge in [0, 0.05) is 32.3 Å². The molecule has 2 heterocycles. The van der Waals surface area contributed by atoms with E-state index < -0.39 is 0 Å². The molecule has 0 aromatic carbocycles. The summed E-state index contributed by atoms with van der Waals surface area (Å²) in [5.41, 5.74) is 5.96. The lowest BCUT2D eigenvalue weighted by atomic mass is 9.78. The van der Waals surface area contributed by atoms with Crippen molar-refractivity contribution >= 4 is 0 Å². The van der Waals surface area contributed by atoms with Crippen LogP contribution in [0.5, 0.6) is 0 Å². The van der Waals surface area contributed by atoms with Gasteiger partial charge >= 0.3 is 0 Å². The third-order valence-corrected chi connectivity index (χ3v) is 5.18. The zero-order valence-electron chi connectivity index (χ0n) is 12.0. The van der Waals surface area contributed by atoms with Crippen molar-refractivity contribution in [3.63, 3.8) is 0 Å². The van der Waals surface area contributed by atoms with Gasteiger partial charge in [-0.3, -0.25) is 4.90 Å². The van der Waals surface area contributed by atoms with Gasteiger partial charge in [0.15, 0.2) is 0 Å². The third kappa shape index (κ3) is 3.13. The SMILES string of the molecule is NCC1CN(C2CCOC3(CCCCC3)C2)CCO1. The van der Waals surface area contributed by atoms with Gasteiger partial charge in [0.2, 0.25) is 0 Å². The van der Waals surface area contributed by atoms with Gasteiger partial charge in [-0.2, -0.15) is 0 Å². The van der Waals surface area contributed by atoms with Gasteiger partial charge in [-0.05, 0) is 25.7 Å². The molecule has 0 radical (unpaired) electrons. The lowest BCUT2D eigenvalue weighted by Gasteiger charge is -2.48. The molecular weight excluding hydrogens is 240 g/mol. The summed E-state index contributed by atoms with van der Waals surface area (Å²) in [6, 6.07) is 0.685. The summed E-state index contributed by atoms with van der Waals surface area (Å²) in [7, 11) is 0. The van der Waals surface area contributed by atoms with E-state index in [4.69, 9.17) is 15.2 Å². The Kier molecular flexibility index (Phi) is 4.42. The Morgan fingerprint density at radius 2 is 2.00 bits per heavy atom. The van der Waals surface area contributed by atoms with Crippen LogP contribution < -0.4 is 5.73 Å². The average Bonchev–Trinajstić information content (AvgIpc) is 2.48. The first kappa shape index (κ1) is 13.8. The smallest absolute Gasteiger partial charge is 0.0824 e. The van der Waals surface area contributed by atoms with Gasteiger partial charge in [0.1, 0.15) is 0 Å². The van der Waals surface area contributed by atoms with E-state index in [0.29, 0.717) is 12.6 Å². The van der Waals surface area contributed by atoms with Gasteiger partial charge in [-0.1, -0.05) is 19.3 Å². The van der Waals surface area contributed by atoms with Gasteiger partial charge < -0.3 is 15.2 Å². The van der Waals surface area contributed by atoms with Crippen molar-refractivity contribution in [2.45, 2.75) is 62.7 Å². The maximum Gasteiger partial charge on any atom is 0.0824 e. The van der Waals surface area contributed by atoms with Crippen LogP contribution in [0.1, 0.15) is 44.9 Å². The second-order valence-electron chi connectivity index (χ2n) is 6.46. The zero-order valence-corrected chi connectivity index (χ0v) is 12.0. The molecular formula is C15H28N2O2. The Labute approximate surface area is 116 Å². The van der Waals surface area contributed by atoms with Gasteiger partial charge in [0.05, 0.1) is 18.3 Å². The fourth-order valence-electron chi connectivity index (χ4n) is 4.07. The standard InChI is InChI=1S/C15H28N2O2/c16-11-14-12-17(7-9-18-14)13-4-8-19-15(10-13)5-2-1-3-6-15/h13-14H,1-12,16H2. The second kappa shape index (κ2) is 6.08. The van der Waals surface area contributed by atoms with E-state index in [0.717, 1.165) is 26.3 Å². The van der Waals surface area contributed by atoms with Gasteiger partial charge in [0.25, 0.3) is 0 Å². The van der Waals surface area contributed by atoms with Crippen LogP contribution in [0.2, 0.25) is 0 Å². The van der Waals surface area contributed by atoms with E-state index in [1.165, 1.54) is 44.9 Å². The molecule has 0 bridgehead atoms. The molecule has 0 amide bonds. The highest BCUT2D eigenvalue weighted by molar-refractivity contribution is 4.93. The van der Waals surface area contributed by atoms with Crippen LogP contribution in [0.4, 0.5) is 0 Å². The summed E-state index contributed by atoms with van der Waals surface area (Å²) >= 11 is 0. The predicted octanol–water partition coefficient (Wildman–Crippen LogP) is 1.53. The number of nitrogens with two attached hydrogens (primary N) is 1. The molecule has 3 aliphatic rings. The molecule has 1 aliphatic carbocycles. The topological polar surface area (TPSA) is 47.7 Å². The minimum atomic E-state index is 0.206. The molecule has 4 heteroatoms. The minimum absolute atomic E-state index is 0.206. The normalized spacial score (nSPS) is 36.5. The fourth-order valence-corrected chi connectivity index (χ4v) is 4.07. The van der Waals surface area contributed by atoms with Crippen LogP contribution in [-0.2, 0) is 9.47 Å². The highest BCUT2D eigenvalue weighted by Gasteiger charge is 2.40. The average molecular weight is 268 g/mol. The van der Waals surface area contributed by atoms with Crippen molar-refractivity contribution in [2.24, 2.45) is 5.73 Å². The van der Waals surface area contributed by atoms with Crippen LogP contribution in [0, 0.1) is 0 Å². The molecule has 3 fully saturated rings. The van der Waals surface area contributed by atoms with Crippen molar-refractivity contribution in [2.75, 3.05) is 32.8 Å². The van der Waals surface area contributed by atoms with Crippen LogP contribution in [-0.4, -0.2) is 55.5 Å². The Balaban J connectivity index is 1.61. The Hall–Kier alpha value is -0.160. The highest BCUT2D eigenvalue weighted by atomic mass is 16.5. The lowest BCUT2D eigenvalue weighted by Crippen LogP contribution is -2.55. The van der Waals surface area contributed by atoms with Crippen molar-refractivity contribution in [3.8, 4) is 0 Å². The lowest BCUT2D eigenvalue weighted by molar-refractivity contribution is -0.137. The first-order valence-electron chi connectivity index (χ1n) is 8.01.